The molecule has 0 bridgehead atoms. The zero-order valence-corrected chi connectivity index (χ0v) is 22.5. The summed E-state index contributed by atoms with van der Waals surface area (Å²) in [6.07, 6.45) is 0.865. The van der Waals surface area contributed by atoms with Gasteiger partial charge in [-0.3, -0.25) is 0 Å². The number of halogens is 3. The lowest BCUT2D eigenvalue weighted by Crippen LogP contribution is -2.16. The fourth-order valence-electron chi connectivity index (χ4n) is 4.15. The number of aryl methyl sites for hydroxylation is 1. The highest BCUT2D eigenvalue weighted by molar-refractivity contribution is 7.32. The average Bonchev–Trinajstić information content (AvgIpc) is 3.39. The highest BCUT2D eigenvalue weighted by Crippen LogP contribution is 2.34. The van der Waals surface area contributed by atoms with E-state index in [-0.39, 0.29) is 12.5 Å². The summed E-state index contributed by atoms with van der Waals surface area (Å²) in [5.41, 5.74) is 3.16. The maximum Gasteiger partial charge on any atom is 0.694 e. The van der Waals surface area contributed by atoms with Crippen molar-refractivity contribution in [3.05, 3.63) is 77.2 Å². The SMILES string of the molecule is CC(C)Cc1ccc(CCCOc2ccc(CNCCCO[P+](=O)O)cc2-c2ccoc2)cc1C(F)(F)F. The Balaban J connectivity index is 1.58. The lowest BCUT2D eigenvalue weighted by atomic mass is 9.95. The molecular formula is C28H34F3NO5P+. The summed E-state index contributed by atoms with van der Waals surface area (Å²) >= 11 is 0. The molecule has 2 N–H and O–H groups in total. The molecule has 1 atom stereocenters. The number of nitrogens with one attached hydrogen (secondary N) is 1. The van der Waals surface area contributed by atoms with Crippen LogP contribution in [-0.4, -0.2) is 24.7 Å². The van der Waals surface area contributed by atoms with Crippen LogP contribution in [0.25, 0.3) is 11.1 Å². The molecule has 6 nitrogen and oxygen atoms in total. The van der Waals surface area contributed by atoms with Gasteiger partial charge in [0.2, 0.25) is 0 Å². The second kappa shape index (κ2) is 14.4. The van der Waals surface area contributed by atoms with Gasteiger partial charge in [0.1, 0.15) is 12.4 Å². The Kier molecular flexibility index (Phi) is 11.3. The van der Waals surface area contributed by atoms with Gasteiger partial charge >= 0.3 is 14.4 Å². The zero-order valence-electron chi connectivity index (χ0n) is 21.6. The molecule has 1 heterocycles. The van der Waals surface area contributed by atoms with E-state index in [1.807, 2.05) is 38.1 Å². The lowest BCUT2D eigenvalue weighted by Gasteiger charge is -2.16. The van der Waals surface area contributed by atoms with Crippen LogP contribution in [0.1, 0.15) is 48.9 Å². The summed E-state index contributed by atoms with van der Waals surface area (Å²) < 4.78 is 67.3. The standard InChI is InChI=1S/C28H33F3NO5P/c1-20(2)15-23-8-6-21(17-26(23)28(29,30)31)5-3-12-36-27-9-7-22(16-25(27)24-10-14-35-19-24)18-32-11-4-13-37-38(33)34/h6-10,14,16-17,19-20,32H,3-5,11-13,15,18H2,1-2H3/p+1. The number of benzene rings is 2. The molecule has 0 spiro atoms. The van der Waals surface area contributed by atoms with Crippen LogP contribution in [0.5, 0.6) is 5.75 Å². The van der Waals surface area contributed by atoms with E-state index in [0.29, 0.717) is 62.3 Å². The molecule has 1 unspecified atom stereocenters. The van der Waals surface area contributed by atoms with Gasteiger partial charge in [0, 0.05) is 22.2 Å². The van der Waals surface area contributed by atoms with Crippen molar-refractivity contribution in [2.24, 2.45) is 5.92 Å². The topological polar surface area (TPSA) is 80.9 Å². The van der Waals surface area contributed by atoms with E-state index in [0.717, 1.165) is 16.7 Å². The van der Waals surface area contributed by atoms with Crippen LogP contribution in [0.4, 0.5) is 13.2 Å². The molecule has 1 aromatic heterocycles. The Labute approximate surface area is 222 Å². The van der Waals surface area contributed by atoms with Crippen LogP contribution in [0.15, 0.2) is 59.4 Å². The molecule has 38 heavy (non-hydrogen) atoms. The molecular weight excluding hydrogens is 518 g/mol. The predicted molar refractivity (Wildman–Crippen MR) is 140 cm³/mol. The van der Waals surface area contributed by atoms with Gasteiger partial charge in [-0.15, -0.1) is 9.42 Å². The Morgan fingerprint density at radius 1 is 1.05 bits per heavy atom. The largest absolute Gasteiger partial charge is 0.694 e. The Morgan fingerprint density at radius 2 is 1.84 bits per heavy atom. The molecule has 0 amide bonds. The highest BCUT2D eigenvalue weighted by Gasteiger charge is 2.33. The summed E-state index contributed by atoms with van der Waals surface area (Å²) in [6, 6.07) is 12.3. The minimum atomic E-state index is -4.37. The molecule has 0 radical (unpaired) electrons. The number of hydrogen-bond acceptors (Lipinski definition) is 5. The van der Waals surface area contributed by atoms with Crippen molar-refractivity contribution in [2.45, 2.75) is 52.3 Å². The normalized spacial score (nSPS) is 12.2. The highest BCUT2D eigenvalue weighted by atomic mass is 31.1. The van der Waals surface area contributed by atoms with E-state index in [1.165, 1.54) is 6.07 Å². The van der Waals surface area contributed by atoms with Gasteiger partial charge in [-0.2, -0.15) is 13.2 Å². The molecule has 0 aliphatic rings. The molecule has 0 aliphatic heterocycles. The molecule has 0 aliphatic carbocycles. The predicted octanol–water partition coefficient (Wildman–Crippen LogP) is 7.32. The van der Waals surface area contributed by atoms with Gasteiger partial charge in [-0.05, 0) is 79.1 Å². The first-order chi connectivity index (χ1) is 18.1. The summed E-state index contributed by atoms with van der Waals surface area (Å²) in [7, 11) is -2.57. The fraction of sp³-hybridized carbons (Fsp3) is 0.429. The number of rotatable bonds is 15. The van der Waals surface area contributed by atoms with Crippen molar-refractivity contribution in [1.82, 2.24) is 5.32 Å². The summed E-state index contributed by atoms with van der Waals surface area (Å²) in [6.45, 7) is 5.58. The maximum absolute atomic E-state index is 13.6. The van der Waals surface area contributed by atoms with Gasteiger partial charge in [0.25, 0.3) is 0 Å². The van der Waals surface area contributed by atoms with E-state index in [2.05, 4.69) is 9.84 Å². The Morgan fingerprint density at radius 3 is 2.53 bits per heavy atom. The fourth-order valence-corrected chi connectivity index (χ4v) is 4.43. The van der Waals surface area contributed by atoms with E-state index in [1.54, 1.807) is 24.7 Å². The van der Waals surface area contributed by atoms with E-state index in [4.69, 9.17) is 14.0 Å². The van der Waals surface area contributed by atoms with Crippen molar-refractivity contribution in [1.29, 1.82) is 0 Å². The second-order valence-electron chi connectivity index (χ2n) is 9.48. The molecule has 0 saturated carbocycles. The number of alkyl halides is 3. The third-order valence-corrected chi connectivity index (χ3v) is 6.28. The van der Waals surface area contributed by atoms with E-state index < -0.39 is 20.0 Å². The first kappa shape index (κ1) is 29.8. The van der Waals surface area contributed by atoms with Gasteiger partial charge < -0.3 is 14.5 Å². The monoisotopic (exact) mass is 552 g/mol. The first-order valence-electron chi connectivity index (χ1n) is 12.6. The van der Waals surface area contributed by atoms with Crippen LogP contribution in [0.2, 0.25) is 0 Å². The molecule has 3 aromatic rings. The van der Waals surface area contributed by atoms with Gasteiger partial charge in [0.15, 0.2) is 0 Å². The van der Waals surface area contributed by atoms with Crippen LogP contribution >= 0.6 is 8.25 Å². The van der Waals surface area contributed by atoms with Crippen molar-refractivity contribution in [2.75, 3.05) is 19.8 Å². The Bertz CT molecular complexity index is 1170. The van der Waals surface area contributed by atoms with Crippen LogP contribution in [0, 0.1) is 5.92 Å². The summed E-state index contributed by atoms with van der Waals surface area (Å²) in [5, 5.41) is 3.27. The Hall–Kier alpha value is -2.71. The molecule has 3 rings (SSSR count). The molecule has 206 valence electrons. The quantitative estimate of drug-likeness (QED) is 0.152. The lowest BCUT2D eigenvalue weighted by molar-refractivity contribution is -0.138. The average molecular weight is 553 g/mol. The van der Waals surface area contributed by atoms with Crippen molar-refractivity contribution < 1.29 is 36.3 Å². The third kappa shape index (κ3) is 9.55. The molecule has 2 aromatic carbocycles. The van der Waals surface area contributed by atoms with Crippen LogP contribution < -0.4 is 10.1 Å². The minimum absolute atomic E-state index is 0.141. The number of ether oxygens (including phenoxy) is 1. The smallest absolute Gasteiger partial charge is 0.493 e. The summed E-state index contributed by atoms with van der Waals surface area (Å²) in [5.74, 6) is 0.806. The molecule has 0 saturated heterocycles. The first-order valence-corrected chi connectivity index (χ1v) is 13.7. The summed E-state index contributed by atoms with van der Waals surface area (Å²) in [4.78, 5) is 8.65. The van der Waals surface area contributed by atoms with Crippen LogP contribution in [-0.2, 0) is 34.7 Å². The van der Waals surface area contributed by atoms with Crippen molar-refractivity contribution >= 4 is 8.25 Å². The van der Waals surface area contributed by atoms with Gasteiger partial charge in [0.05, 0.1) is 24.7 Å². The van der Waals surface area contributed by atoms with Gasteiger partial charge in [-0.25, -0.2) is 0 Å². The zero-order chi connectivity index (χ0) is 27.5. The molecule has 0 fully saturated rings. The van der Waals surface area contributed by atoms with E-state index in [9.17, 15) is 17.7 Å². The second-order valence-corrected chi connectivity index (χ2v) is 10.2. The van der Waals surface area contributed by atoms with Crippen molar-refractivity contribution in [3.8, 4) is 16.9 Å². The van der Waals surface area contributed by atoms with Gasteiger partial charge in [-0.1, -0.05) is 32.0 Å². The van der Waals surface area contributed by atoms with E-state index >= 15 is 0 Å². The van der Waals surface area contributed by atoms with Crippen molar-refractivity contribution in [3.63, 3.8) is 0 Å². The third-order valence-electron chi connectivity index (χ3n) is 5.88. The molecule has 10 heteroatoms. The number of furan rings is 1. The van der Waals surface area contributed by atoms with Crippen LogP contribution in [0.3, 0.4) is 0 Å². The number of hydrogen-bond donors (Lipinski definition) is 2. The maximum atomic E-state index is 13.6. The minimum Gasteiger partial charge on any atom is -0.493 e.